The average Bonchev–Trinajstić information content (AvgIpc) is 3.17. The molecule has 23 heavy (non-hydrogen) atoms. The van der Waals surface area contributed by atoms with Crippen LogP contribution < -0.4 is 0 Å². The fraction of sp³-hybridized carbons (Fsp3) is 0.400. The largest absolute Gasteiger partial charge is 0.336 e. The second-order valence-electron chi connectivity index (χ2n) is 5.61. The van der Waals surface area contributed by atoms with E-state index >= 15 is 0 Å². The van der Waals surface area contributed by atoms with Crippen LogP contribution in [0.5, 0.6) is 0 Å². The minimum Gasteiger partial charge on any atom is -0.336 e. The highest BCUT2D eigenvalue weighted by Crippen LogP contribution is 2.20. The SMILES string of the molecule is CCc1nnc2n1CCN(C(=O)c1cnc3onc(C)c3c1)C2. The smallest absolute Gasteiger partial charge is 0.257 e. The van der Waals surface area contributed by atoms with Gasteiger partial charge in [0.25, 0.3) is 11.6 Å². The molecule has 3 aromatic heterocycles. The van der Waals surface area contributed by atoms with Gasteiger partial charge in [-0.05, 0) is 13.0 Å². The van der Waals surface area contributed by atoms with Gasteiger partial charge in [0.2, 0.25) is 0 Å². The van der Waals surface area contributed by atoms with Crippen LogP contribution in [-0.4, -0.2) is 42.3 Å². The molecule has 1 aliphatic rings. The van der Waals surface area contributed by atoms with Crippen molar-refractivity contribution in [3.8, 4) is 0 Å². The molecule has 4 rings (SSSR count). The highest BCUT2D eigenvalue weighted by atomic mass is 16.5. The molecule has 0 spiro atoms. The quantitative estimate of drug-likeness (QED) is 0.709. The zero-order valence-electron chi connectivity index (χ0n) is 13.0. The Morgan fingerprint density at radius 3 is 3.04 bits per heavy atom. The Morgan fingerprint density at radius 2 is 2.22 bits per heavy atom. The first-order valence-electron chi connectivity index (χ1n) is 7.59. The van der Waals surface area contributed by atoms with Crippen molar-refractivity contribution in [2.75, 3.05) is 6.54 Å². The monoisotopic (exact) mass is 312 g/mol. The van der Waals surface area contributed by atoms with Crippen molar-refractivity contribution in [2.24, 2.45) is 0 Å². The molecule has 3 aromatic rings. The van der Waals surface area contributed by atoms with E-state index in [-0.39, 0.29) is 5.91 Å². The molecule has 8 heteroatoms. The number of fused-ring (bicyclic) bond motifs is 2. The number of rotatable bonds is 2. The minimum atomic E-state index is -0.0627. The molecule has 0 aromatic carbocycles. The van der Waals surface area contributed by atoms with Crippen LogP contribution in [0, 0.1) is 6.92 Å². The van der Waals surface area contributed by atoms with Gasteiger partial charge in [-0.2, -0.15) is 0 Å². The molecule has 0 aliphatic carbocycles. The van der Waals surface area contributed by atoms with Crippen molar-refractivity contribution in [2.45, 2.75) is 33.4 Å². The molecule has 1 aliphatic heterocycles. The van der Waals surface area contributed by atoms with Crippen molar-refractivity contribution >= 4 is 17.0 Å². The van der Waals surface area contributed by atoms with E-state index in [1.165, 1.54) is 6.20 Å². The zero-order valence-corrected chi connectivity index (χ0v) is 13.0. The first kappa shape index (κ1) is 13.9. The van der Waals surface area contributed by atoms with E-state index in [1.54, 1.807) is 11.0 Å². The third-order valence-corrected chi connectivity index (χ3v) is 4.19. The third-order valence-electron chi connectivity index (χ3n) is 4.19. The van der Waals surface area contributed by atoms with Gasteiger partial charge in [-0.1, -0.05) is 12.1 Å². The van der Waals surface area contributed by atoms with Gasteiger partial charge in [0.05, 0.1) is 23.2 Å². The van der Waals surface area contributed by atoms with Crippen LogP contribution in [0.4, 0.5) is 0 Å². The number of hydrogen-bond acceptors (Lipinski definition) is 6. The molecule has 118 valence electrons. The Balaban J connectivity index is 1.62. The maximum absolute atomic E-state index is 12.7. The van der Waals surface area contributed by atoms with Crippen molar-refractivity contribution in [3.05, 3.63) is 35.2 Å². The lowest BCUT2D eigenvalue weighted by Crippen LogP contribution is -2.38. The third kappa shape index (κ3) is 2.18. The molecule has 8 nitrogen and oxygen atoms in total. The second-order valence-corrected chi connectivity index (χ2v) is 5.61. The van der Waals surface area contributed by atoms with Gasteiger partial charge in [-0.25, -0.2) is 4.98 Å². The summed E-state index contributed by atoms with van der Waals surface area (Å²) in [6, 6.07) is 1.79. The van der Waals surface area contributed by atoms with Crippen LogP contribution in [0.2, 0.25) is 0 Å². The topological polar surface area (TPSA) is 89.9 Å². The van der Waals surface area contributed by atoms with Gasteiger partial charge >= 0.3 is 0 Å². The predicted molar refractivity (Wildman–Crippen MR) is 80.7 cm³/mol. The second kappa shape index (κ2) is 5.15. The number of nitrogens with zero attached hydrogens (tertiary/aromatic N) is 6. The molecular weight excluding hydrogens is 296 g/mol. The van der Waals surface area contributed by atoms with Crippen LogP contribution in [0.3, 0.4) is 0 Å². The van der Waals surface area contributed by atoms with E-state index in [0.29, 0.717) is 24.4 Å². The lowest BCUT2D eigenvalue weighted by atomic mass is 10.2. The molecule has 0 N–H and O–H groups in total. The Bertz CT molecular complexity index is 897. The number of carbonyl (C=O) groups excluding carboxylic acids is 1. The highest BCUT2D eigenvalue weighted by molar-refractivity contribution is 5.97. The first-order chi connectivity index (χ1) is 11.2. The summed E-state index contributed by atoms with van der Waals surface area (Å²) in [7, 11) is 0. The summed E-state index contributed by atoms with van der Waals surface area (Å²) in [4.78, 5) is 18.7. The molecule has 0 saturated heterocycles. The standard InChI is InChI=1S/C15H16N6O2/c1-3-12-17-18-13-8-20(4-5-21(12)13)15(22)10-6-11-9(2)19-23-14(11)16-7-10/h6-7H,3-5,8H2,1-2H3. The van der Waals surface area contributed by atoms with E-state index in [9.17, 15) is 4.79 Å². The molecular formula is C15H16N6O2. The summed E-state index contributed by atoms with van der Waals surface area (Å²) in [6.45, 7) is 5.71. The molecule has 4 heterocycles. The summed E-state index contributed by atoms with van der Waals surface area (Å²) in [5, 5.41) is 13.0. The van der Waals surface area contributed by atoms with E-state index in [1.807, 2.05) is 6.92 Å². The van der Waals surface area contributed by atoms with E-state index < -0.39 is 0 Å². The summed E-state index contributed by atoms with van der Waals surface area (Å²) < 4.78 is 7.18. The Hall–Kier alpha value is -2.77. The van der Waals surface area contributed by atoms with Crippen LogP contribution >= 0.6 is 0 Å². The maximum Gasteiger partial charge on any atom is 0.257 e. The van der Waals surface area contributed by atoms with Crippen molar-refractivity contribution in [1.29, 1.82) is 0 Å². The average molecular weight is 312 g/mol. The van der Waals surface area contributed by atoms with Crippen molar-refractivity contribution < 1.29 is 9.32 Å². The summed E-state index contributed by atoms with van der Waals surface area (Å²) in [5.41, 5.74) is 1.71. The minimum absolute atomic E-state index is 0.0627. The number of amides is 1. The van der Waals surface area contributed by atoms with E-state index in [2.05, 4.69) is 31.8 Å². The number of hydrogen-bond donors (Lipinski definition) is 0. The van der Waals surface area contributed by atoms with Gasteiger partial charge in [0, 0.05) is 25.7 Å². The lowest BCUT2D eigenvalue weighted by molar-refractivity contribution is 0.0706. The normalized spacial score (nSPS) is 14.3. The van der Waals surface area contributed by atoms with Gasteiger partial charge in [-0.3, -0.25) is 4.79 Å². The van der Waals surface area contributed by atoms with Crippen LogP contribution in [0.1, 0.15) is 34.6 Å². The molecule has 0 fully saturated rings. The molecule has 0 bridgehead atoms. The number of aromatic nitrogens is 5. The fourth-order valence-electron chi connectivity index (χ4n) is 2.90. The number of carbonyl (C=O) groups is 1. The van der Waals surface area contributed by atoms with E-state index in [4.69, 9.17) is 4.52 Å². The molecule has 0 atom stereocenters. The van der Waals surface area contributed by atoms with Crippen LogP contribution in [0.15, 0.2) is 16.8 Å². The van der Waals surface area contributed by atoms with Gasteiger partial charge in [-0.15, -0.1) is 10.2 Å². The van der Waals surface area contributed by atoms with Crippen LogP contribution in [-0.2, 0) is 19.5 Å². The van der Waals surface area contributed by atoms with Gasteiger partial charge in [0.15, 0.2) is 5.82 Å². The van der Waals surface area contributed by atoms with E-state index in [0.717, 1.165) is 35.7 Å². The maximum atomic E-state index is 12.7. The Labute approximate surface area is 132 Å². The molecule has 0 saturated carbocycles. The van der Waals surface area contributed by atoms with Gasteiger partial charge < -0.3 is 14.0 Å². The molecule has 0 radical (unpaired) electrons. The van der Waals surface area contributed by atoms with Crippen LogP contribution in [0.25, 0.3) is 11.1 Å². The highest BCUT2D eigenvalue weighted by Gasteiger charge is 2.25. The fourth-order valence-corrected chi connectivity index (χ4v) is 2.90. The lowest BCUT2D eigenvalue weighted by Gasteiger charge is -2.27. The zero-order chi connectivity index (χ0) is 16.0. The first-order valence-corrected chi connectivity index (χ1v) is 7.59. The van der Waals surface area contributed by atoms with Crippen molar-refractivity contribution in [1.82, 2.24) is 29.8 Å². The van der Waals surface area contributed by atoms with Gasteiger partial charge in [0.1, 0.15) is 5.82 Å². The summed E-state index contributed by atoms with van der Waals surface area (Å²) in [6.07, 6.45) is 2.38. The summed E-state index contributed by atoms with van der Waals surface area (Å²) >= 11 is 0. The van der Waals surface area contributed by atoms with Crippen molar-refractivity contribution in [3.63, 3.8) is 0 Å². The number of aryl methyl sites for hydroxylation is 2. The number of pyridine rings is 1. The Morgan fingerprint density at radius 1 is 1.35 bits per heavy atom. The molecule has 0 unspecified atom stereocenters. The predicted octanol–water partition coefficient (Wildman–Crippen LogP) is 1.34. The summed E-state index contributed by atoms with van der Waals surface area (Å²) in [5.74, 6) is 1.74. The molecule has 1 amide bonds. The Kier molecular flexibility index (Phi) is 3.10.